The number of fused-ring (bicyclic) bond motifs is 1. The number of rotatable bonds is 2. The molecule has 0 aromatic heterocycles. The van der Waals surface area contributed by atoms with Gasteiger partial charge in [0.25, 0.3) is 0 Å². The van der Waals surface area contributed by atoms with Gasteiger partial charge in [0, 0.05) is 12.6 Å². The van der Waals surface area contributed by atoms with Crippen molar-refractivity contribution in [3.05, 3.63) is 29.3 Å². The van der Waals surface area contributed by atoms with Gasteiger partial charge in [0.15, 0.2) is 0 Å². The van der Waals surface area contributed by atoms with Crippen LogP contribution in [0.2, 0.25) is 0 Å². The molecule has 108 valence electrons. The molecule has 2 fully saturated rings. The first kappa shape index (κ1) is 13.5. The third-order valence-corrected chi connectivity index (χ3v) is 4.94. The van der Waals surface area contributed by atoms with Gasteiger partial charge in [-0.05, 0) is 50.7 Å². The first-order valence-corrected chi connectivity index (χ1v) is 7.77. The number of hydrogen-bond donors (Lipinski definition) is 1. The monoisotopic (exact) mass is 273 g/mol. The van der Waals surface area contributed by atoms with E-state index in [0.717, 1.165) is 23.7 Å². The van der Waals surface area contributed by atoms with Gasteiger partial charge in [-0.1, -0.05) is 24.5 Å². The van der Waals surface area contributed by atoms with Crippen molar-refractivity contribution in [2.24, 2.45) is 5.92 Å². The molecular formula is C17H23NO2. The predicted octanol–water partition coefficient (Wildman–Crippen LogP) is 3.85. The lowest BCUT2D eigenvalue weighted by atomic mass is 9.78. The highest BCUT2D eigenvalue weighted by Gasteiger charge is 2.34. The zero-order chi connectivity index (χ0) is 14.1. The van der Waals surface area contributed by atoms with Gasteiger partial charge in [-0.2, -0.15) is 0 Å². The highest BCUT2D eigenvalue weighted by Crippen LogP contribution is 2.38. The fourth-order valence-electron chi connectivity index (χ4n) is 4.00. The highest BCUT2D eigenvalue weighted by atomic mass is 16.4. The van der Waals surface area contributed by atoms with Crippen molar-refractivity contribution >= 4 is 11.7 Å². The molecule has 2 aliphatic rings. The minimum Gasteiger partial charge on any atom is -0.478 e. The molecule has 3 heteroatoms. The van der Waals surface area contributed by atoms with Gasteiger partial charge in [-0.3, -0.25) is 0 Å². The molecule has 0 bridgehead atoms. The van der Waals surface area contributed by atoms with Gasteiger partial charge >= 0.3 is 5.97 Å². The summed E-state index contributed by atoms with van der Waals surface area (Å²) in [6.45, 7) is 2.96. The van der Waals surface area contributed by atoms with Crippen LogP contribution >= 0.6 is 0 Å². The van der Waals surface area contributed by atoms with E-state index in [0.29, 0.717) is 11.6 Å². The topological polar surface area (TPSA) is 40.5 Å². The molecule has 1 N–H and O–H groups in total. The van der Waals surface area contributed by atoms with Crippen LogP contribution < -0.4 is 4.90 Å². The van der Waals surface area contributed by atoms with Crippen molar-refractivity contribution in [2.45, 2.75) is 51.5 Å². The van der Waals surface area contributed by atoms with Crippen molar-refractivity contribution in [2.75, 3.05) is 11.4 Å². The average molecular weight is 273 g/mol. The van der Waals surface area contributed by atoms with Crippen LogP contribution in [0.3, 0.4) is 0 Å². The summed E-state index contributed by atoms with van der Waals surface area (Å²) in [4.78, 5) is 13.9. The molecule has 1 saturated carbocycles. The van der Waals surface area contributed by atoms with E-state index in [1.165, 1.54) is 38.5 Å². The molecule has 0 radical (unpaired) electrons. The number of hydrogen-bond acceptors (Lipinski definition) is 2. The van der Waals surface area contributed by atoms with Crippen molar-refractivity contribution in [3.63, 3.8) is 0 Å². The second-order valence-corrected chi connectivity index (χ2v) is 6.27. The Hall–Kier alpha value is -1.51. The average Bonchev–Trinajstić information content (AvgIpc) is 2.46. The number of carboxylic acid groups (broad SMARTS) is 1. The van der Waals surface area contributed by atoms with E-state index in [2.05, 4.69) is 4.90 Å². The molecule has 0 amide bonds. The van der Waals surface area contributed by atoms with Crippen molar-refractivity contribution in [1.29, 1.82) is 0 Å². The Morgan fingerprint density at radius 1 is 1.20 bits per heavy atom. The van der Waals surface area contributed by atoms with Crippen LogP contribution in [0.25, 0.3) is 0 Å². The zero-order valence-corrected chi connectivity index (χ0v) is 12.1. The number of benzene rings is 1. The summed E-state index contributed by atoms with van der Waals surface area (Å²) >= 11 is 0. The molecule has 2 atom stereocenters. The molecule has 0 unspecified atom stereocenters. The lowest BCUT2D eigenvalue weighted by molar-refractivity contribution is 0.0697. The van der Waals surface area contributed by atoms with Gasteiger partial charge < -0.3 is 10.0 Å². The van der Waals surface area contributed by atoms with E-state index in [9.17, 15) is 9.90 Å². The van der Waals surface area contributed by atoms with E-state index in [-0.39, 0.29) is 0 Å². The summed E-state index contributed by atoms with van der Waals surface area (Å²) in [5.74, 6) is -0.0397. The number of carboxylic acids is 1. The van der Waals surface area contributed by atoms with Crippen molar-refractivity contribution in [3.8, 4) is 0 Å². The summed E-state index contributed by atoms with van der Waals surface area (Å²) in [5.41, 5.74) is 2.42. The molecule has 1 aromatic rings. The van der Waals surface area contributed by atoms with Crippen LogP contribution in [0.4, 0.5) is 5.69 Å². The lowest BCUT2D eigenvalue weighted by Crippen LogP contribution is -2.47. The fraction of sp³-hybridized carbons (Fsp3) is 0.588. The molecule has 1 aliphatic heterocycles. The highest BCUT2D eigenvalue weighted by molar-refractivity contribution is 5.94. The first-order chi connectivity index (χ1) is 9.66. The molecule has 20 heavy (non-hydrogen) atoms. The molecule has 3 nitrogen and oxygen atoms in total. The maximum atomic E-state index is 11.6. The number of aromatic carboxylic acids is 1. The second-order valence-electron chi connectivity index (χ2n) is 6.27. The van der Waals surface area contributed by atoms with Gasteiger partial charge in [0.2, 0.25) is 0 Å². The number of aryl methyl sites for hydroxylation is 1. The number of anilines is 1. The normalized spacial score (nSPS) is 26.1. The summed E-state index contributed by atoms with van der Waals surface area (Å²) in [6.07, 6.45) is 7.66. The Labute approximate surface area is 120 Å². The molecule has 3 rings (SSSR count). The smallest absolute Gasteiger partial charge is 0.337 e. The third kappa shape index (κ3) is 2.41. The molecule has 1 aliphatic carbocycles. The molecule has 0 spiro atoms. The maximum absolute atomic E-state index is 11.6. The first-order valence-electron chi connectivity index (χ1n) is 7.77. The Bertz CT molecular complexity index is 510. The molecular weight excluding hydrogens is 250 g/mol. The summed E-state index contributed by atoms with van der Waals surface area (Å²) < 4.78 is 0. The lowest BCUT2D eigenvalue weighted by Gasteiger charge is -2.45. The van der Waals surface area contributed by atoms with Gasteiger partial charge in [-0.15, -0.1) is 0 Å². The number of nitrogens with zero attached hydrogens (tertiary/aromatic N) is 1. The number of carbonyl (C=O) groups is 1. The second kappa shape index (κ2) is 5.47. The van der Waals surface area contributed by atoms with E-state index < -0.39 is 5.97 Å². The van der Waals surface area contributed by atoms with Crippen molar-refractivity contribution in [1.82, 2.24) is 0 Å². The Kier molecular flexibility index (Phi) is 3.68. The van der Waals surface area contributed by atoms with E-state index in [1.807, 2.05) is 25.1 Å². The maximum Gasteiger partial charge on any atom is 0.337 e. The molecule has 1 aromatic carbocycles. The quantitative estimate of drug-likeness (QED) is 0.889. The minimum absolute atomic E-state index is 0.469. The standard InChI is InChI=1S/C17H23NO2/c1-12-8-9-16(14(11-12)17(19)20)18-10-4-6-13-5-2-3-7-15(13)18/h8-9,11,13,15H,2-7,10H2,1H3,(H,19,20)/t13-,15-/m1/s1. The largest absolute Gasteiger partial charge is 0.478 e. The summed E-state index contributed by atoms with van der Waals surface area (Å²) in [6, 6.07) is 6.41. The van der Waals surface area contributed by atoms with Crippen LogP contribution in [0.5, 0.6) is 0 Å². The van der Waals surface area contributed by atoms with Gasteiger partial charge in [-0.25, -0.2) is 4.79 Å². The Morgan fingerprint density at radius 2 is 1.95 bits per heavy atom. The fourth-order valence-corrected chi connectivity index (χ4v) is 4.00. The van der Waals surface area contributed by atoms with Crippen LogP contribution in [-0.2, 0) is 0 Å². The van der Waals surface area contributed by atoms with Gasteiger partial charge in [0.1, 0.15) is 0 Å². The third-order valence-electron chi connectivity index (χ3n) is 4.94. The zero-order valence-electron chi connectivity index (χ0n) is 12.1. The van der Waals surface area contributed by atoms with Crippen LogP contribution in [0, 0.1) is 12.8 Å². The van der Waals surface area contributed by atoms with E-state index in [4.69, 9.17) is 0 Å². The summed E-state index contributed by atoms with van der Waals surface area (Å²) in [5, 5.41) is 9.49. The summed E-state index contributed by atoms with van der Waals surface area (Å²) in [7, 11) is 0. The SMILES string of the molecule is Cc1ccc(N2CCC[C@H]3CCCC[C@H]32)c(C(=O)O)c1. The predicted molar refractivity (Wildman–Crippen MR) is 80.5 cm³/mol. The Balaban J connectivity index is 1.96. The van der Waals surface area contributed by atoms with E-state index in [1.54, 1.807) is 0 Å². The Morgan fingerprint density at radius 3 is 2.75 bits per heavy atom. The van der Waals surface area contributed by atoms with E-state index >= 15 is 0 Å². The number of piperidine rings is 1. The van der Waals surface area contributed by atoms with Crippen LogP contribution in [0.15, 0.2) is 18.2 Å². The molecule has 1 saturated heterocycles. The van der Waals surface area contributed by atoms with Crippen molar-refractivity contribution < 1.29 is 9.90 Å². The molecule has 1 heterocycles. The van der Waals surface area contributed by atoms with Gasteiger partial charge in [0.05, 0.1) is 11.3 Å². The van der Waals surface area contributed by atoms with Crippen LogP contribution in [0.1, 0.15) is 54.4 Å². The van der Waals surface area contributed by atoms with Crippen LogP contribution in [-0.4, -0.2) is 23.7 Å². The minimum atomic E-state index is -0.804.